The molecule has 116 valence electrons. The maximum Gasteiger partial charge on any atom is 0.349 e. The second-order valence-electron chi connectivity index (χ2n) is 4.25. The fourth-order valence-electron chi connectivity index (χ4n) is 1.65. The topological polar surface area (TPSA) is 75.6 Å². The monoisotopic (exact) mass is 387 g/mol. The molecule has 1 aromatic carbocycles. The number of phenolic OH excluding ortho intramolecular Hbond substituents is 1. The number of rotatable bonds is 4. The second-order valence-corrected chi connectivity index (χ2v) is 6.15. The van der Waals surface area contributed by atoms with Gasteiger partial charge in [0, 0.05) is 11.0 Å². The zero-order valence-electron chi connectivity index (χ0n) is 11.4. The van der Waals surface area contributed by atoms with E-state index in [-0.39, 0.29) is 12.5 Å². The van der Waals surface area contributed by atoms with Gasteiger partial charge in [-0.25, -0.2) is 9.18 Å². The number of benzene rings is 1. The summed E-state index contributed by atoms with van der Waals surface area (Å²) in [7, 11) is 1.26. The number of thiophene rings is 1. The van der Waals surface area contributed by atoms with E-state index in [1.54, 1.807) is 0 Å². The van der Waals surface area contributed by atoms with Crippen molar-refractivity contribution in [1.82, 2.24) is 5.32 Å². The number of esters is 1. The average molecular weight is 388 g/mol. The van der Waals surface area contributed by atoms with E-state index < -0.39 is 17.5 Å². The van der Waals surface area contributed by atoms with Crippen LogP contribution in [0.1, 0.15) is 24.9 Å². The predicted molar refractivity (Wildman–Crippen MR) is 82.6 cm³/mol. The Labute approximate surface area is 137 Å². The summed E-state index contributed by atoms with van der Waals surface area (Å²) in [6.45, 7) is 0.121. The number of aromatic hydroxyl groups is 1. The van der Waals surface area contributed by atoms with Crippen LogP contribution in [0.2, 0.25) is 0 Å². The van der Waals surface area contributed by atoms with Gasteiger partial charge in [-0.15, -0.1) is 11.3 Å². The molecule has 1 heterocycles. The number of amides is 1. The summed E-state index contributed by atoms with van der Waals surface area (Å²) < 4.78 is 18.0. The molecule has 0 fully saturated rings. The van der Waals surface area contributed by atoms with Gasteiger partial charge in [0.1, 0.15) is 4.88 Å². The van der Waals surface area contributed by atoms with Crippen LogP contribution in [0.15, 0.2) is 28.7 Å². The Bertz CT molecular complexity index is 732. The number of halogens is 2. The molecule has 0 saturated heterocycles. The summed E-state index contributed by atoms with van der Waals surface area (Å²) in [6, 6.07) is 5.33. The average Bonchev–Trinajstić information content (AvgIpc) is 2.89. The van der Waals surface area contributed by atoms with E-state index in [4.69, 9.17) is 0 Å². The van der Waals surface area contributed by atoms with Crippen LogP contribution in [0.4, 0.5) is 4.39 Å². The van der Waals surface area contributed by atoms with E-state index in [0.29, 0.717) is 19.8 Å². The number of hydrogen-bond acceptors (Lipinski definition) is 5. The van der Waals surface area contributed by atoms with Crippen LogP contribution >= 0.6 is 27.3 Å². The molecule has 0 spiro atoms. The third kappa shape index (κ3) is 3.63. The van der Waals surface area contributed by atoms with Crippen LogP contribution in [0.3, 0.4) is 0 Å². The molecular weight excluding hydrogens is 377 g/mol. The predicted octanol–water partition coefficient (Wildman–Crippen LogP) is 3.07. The highest BCUT2D eigenvalue weighted by Gasteiger charge is 2.18. The van der Waals surface area contributed by atoms with E-state index in [1.165, 1.54) is 25.3 Å². The van der Waals surface area contributed by atoms with Gasteiger partial charge in [0.05, 0.1) is 12.0 Å². The van der Waals surface area contributed by atoms with Gasteiger partial charge in [0.15, 0.2) is 11.6 Å². The highest BCUT2D eigenvalue weighted by atomic mass is 79.9. The van der Waals surface area contributed by atoms with E-state index in [0.717, 1.165) is 17.4 Å². The molecule has 0 aliphatic heterocycles. The van der Waals surface area contributed by atoms with Gasteiger partial charge in [0.25, 0.3) is 5.91 Å². The highest BCUT2D eigenvalue weighted by molar-refractivity contribution is 9.10. The molecule has 8 heteroatoms. The standard InChI is InChI=1S/C14H11BrFNO4S/c1-21-14(20)12-8(15)5-11(22-12)13(19)17-6-7-2-3-9(16)10(18)4-7/h2-5,18H,6H2,1H3,(H,17,19). The molecule has 0 atom stereocenters. The van der Waals surface area contributed by atoms with Crippen molar-refractivity contribution in [3.8, 4) is 5.75 Å². The lowest BCUT2D eigenvalue weighted by molar-refractivity contribution is 0.0605. The van der Waals surface area contributed by atoms with Crippen molar-refractivity contribution < 1.29 is 23.8 Å². The number of hydrogen-bond donors (Lipinski definition) is 2. The summed E-state index contributed by atoms with van der Waals surface area (Å²) in [5.41, 5.74) is 0.552. The van der Waals surface area contributed by atoms with Crippen LogP contribution in [0.25, 0.3) is 0 Å². The first kappa shape index (κ1) is 16.4. The first-order chi connectivity index (χ1) is 10.4. The summed E-state index contributed by atoms with van der Waals surface area (Å²) in [4.78, 5) is 24.1. The van der Waals surface area contributed by atoms with Gasteiger partial charge >= 0.3 is 5.97 Å². The van der Waals surface area contributed by atoms with Crippen molar-refractivity contribution in [2.45, 2.75) is 6.54 Å². The van der Waals surface area contributed by atoms with Crippen LogP contribution in [0.5, 0.6) is 5.75 Å². The maximum atomic E-state index is 12.9. The molecule has 0 radical (unpaired) electrons. The summed E-state index contributed by atoms with van der Waals surface area (Å²) >= 11 is 4.19. The lowest BCUT2D eigenvalue weighted by atomic mass is 10.2. The molecule has 1 aromatic heterocycles. The maximum absolute atomic E-state index is 12.9. The van der Waals surface area contributed by atoms with Crippen LogP contribution < -0.4 is 5.32 Å². The van der Waals surface area contributed by atoms with Crippen LogP contribution in [0, 0.1) is 5.82 Å². The molecule has 0 unspecified atom stereocenters. The minimum absolute atomic E-state index is 0.121. The third-order valence-corrected chi connectivity index (χ3v) is 4.75. The molecule has 22 heavy (non-hydrogen) atoms. The Morgan fingerprint density at radius 3 is 2.77 bits per heavy atom. The first-order valence-electron chi connectivity index (χ1n) is 6.05. The molecule has 1 amide bonds. The Morgan fingerprint density at radius 2 is 2.14 bits per heavy atom. The molecule has 5 nitrogen and oxygen atoms in total. The number of phenols is 1. The van der Waals surface area contributed by atoms with Gasteiger partial charge in [-0.3, -0.25) is 4.79 Å². The van der Waals surface area contributed by atoms with E-state index in [9.17, 15) is 19.1 Å². The lowest BCUT2D eigenvalue weighted by Crippen LogP contribution is -2.21. The Kier molecular flexibility index (Phi) is 5.15. The minimum atomic E-state index is -0.722. The van der Waals surface area contributed by atoms with Gasteiger partial charge in [0.2, 0.25) is 0 Å². The molecule has 2 aromatic rings. The molecule has 0 bridgehead atoms. The SMILES string of the molecule is COC(=O)c1sc(C(=O)NCc2ccc(F)c(O)c2)cc1Br. The van der Waals surface area contributed by atoms with Crippen molar-refractivity contribution in [3.63, 3.8) is 0 Å². The fraction of sp³-hybridized carbons (Fsp3) is 0.143. The number of methoxy groups -OCH3 is 1. The minimum Gasteiger partial charge on any atom is -0.505 e. The zero-order chi connectivity index (χ0) is 16.3. The Morgan fingerprint density at radius 1 is 1.41 bits per heavy atom. The molecule has 0 saturated carbocycles. The van der Waals surface area contributed by atoms with Crippen LogP contribution in [-0.2, 0) is 11.3 Å². The molecule has 0 aliphatic rings. The molecular formula is C14H11BrFNO4S. The van der Waals surface area contributed by atoms with E-state index in [1.807, 2.05) is 0 Å². The smallest absolute Gasteiger partial charge is 0.349 e. The van der Waals surface area contributed by atoms with Crippen LogP contribution in [-0.4, -0.2) is 24.1 Å². The largest absolute Gasteiger partial charge is 0.505 e. The normalized spacial score (nSPS) is 10.3. The van der Waals surface area contributed by atoms with E-state index >= 15 is 0 Å². The van der Waals surface area contributed by atoms with Crippen molar-refractivity contribution in [2.75, 3.05) is 7.11 Å². The van der Waals surface area contributed by atoms with Gasteiger partial charge in [-0.05, 0) is 39.7 Å². The number of ether oxygens (including phenoxy) is 1. The van der Waals surface area contributed by atoms with Crippen molar-refractivity contribution in [3.05, 3.63) is 49.9 Å². The molecule has 2 rings (SSSR count). The fourth-order valence-corrected chi connectivity index (χ4v) is 3.32. The summed E-state index contributed by atoms with van der Waals surface area (Å²) in [6.07, 6.45) is 0. The number of carbonyl (C=O) groups excluding carboxylic acids is 2. The van der Waals surface area contributed by atoms with Gasteiger partial charge in [-0.1, -0.05) is 6.07 Å². The third-order valence-electron chi connectivity index (χ3n) is 2.74. The molecule has 0 aliphatic carbocycles. The summed E-state index contributed by atoms with van der Waals surface area (Å²) in [5.74, 6) is -2.11. The summed E-state index contributed by atoms with van der Waals surface area (Å²) in [5, 5.41) is 11.9. The lowest BCUT2D eigenvalue weighted by Gasteiger charge is -2.04. The van der Waals surface area contributed by atoms with E-state index in [2.05, 4.69) is 26.0 Å². The Hall–Kier alpha value is -1.93. The number of carbonyl (C=O) groups is 2. The highest BCUT2D eigenvalue weighted by Crippen LogP contribution is 2.28. The Balaban J connectivity index is 2.06. The van der Waals surface area contributed by atoms with Crippen molar-refractivity contribution >= 4 is 39.1 Å². The molecule has 2 N–H and O–H groups in total. The second kappa shape index (κ2) is 6.89. The number of nitrogens with one attached hydrogen (secondary N) is 1. The first-order valence-corrected chi connectivity index (χ1v) is 7.66. The quantitative estimate of drug-likeness (QED) is 0.790. The van der Waals surface area contributed by atoms with Gasteiger partial charge in [-0.2, -0.15) is 0 Å². The van der Waals surface area contributed by atoms with Crippen molar-refractivity contribution in [1.29, 1.82) is 0 Å². The van der Waals surface area contributed by atoms with Gasteiger partial charge < -0.3 is 15.2 Å². The van der Waals surface area contributed by atoms with Crippen molar-refractivity contribution in [2.24, 2.45) is 0 Å². The zero-order valence-corrected chi connectivity index (χ0v) is 13.8.